The number of fused-ring (bicyclic) bond motifs is 3. The lowest BCUT2D eigenvalue weighted by Crippen LogP contribution is -2.59. The second-order valence-corrected chi connectivity index (χ2v) is 14.7. The number of carbonyl (C=O) groups is 3. The van der Waals surface area contributed by atoms with E-state index < -0.39 is 51.7 Å². The van der Waals surface area contributed by atoms with E-state index in [4.69, 9.17) is 0 Å². The van der Waals surface area contributed by atoms with Crippen molar-refractivity contribution in [1.82, 2.24) is 4.31 Å². The molecule has 0 spiro atoms. The number of imide groups is 1. The highest BCUT2D eigenvalue weighted by Crippen LogP contribution is 2.58. The van der Waals surface area contributed by atoms with E-state index in [-0.39, 0.29) is 10.8 Å². The van der Waals surface area contributed by atoms with Crippen LogP contribution in [0.15, 0.2) is 162 Å². The number of aryl methyl sites for hydroxylation is 1. The van der Waals surface area contributed by atoms with Crippen LogP contribution < -0.4 is 9.80 Å². The highest BCUT2D eigenvalue weighted by atomic mass is 32.2. The Morgan fingerprint density at radius 3 is 1.56 bits per heavy atom. The zero-order valence-electron chi connectivity index (χ0n) is 27.1. The third-order valence-corrected chi connectivity index (χ3v) is 11.8. The first kappa shape index (κ1) is 31.5. The van der Waals surface area contributed by atoms with Crippen molar-refractivity contribution in [1.29, 1.82) is 0 Å². The van der Waals surface area contributed by atoms with Crippen LogP contribution in [0.3, 0.4) is 0 Å². The molecule has 50 heavy (non-hydrogen) atoms. The zero-order chi connectivity index (χ0) is 34.6. The van der Waals surface area contributed by atoms with Gasteiger partial charge in [-0.2, -0.15) is 0 Å². The standard InChI is InChI=1S/C41H33N3O5S/c1-27-22-24-32(25-23-27)50(48,49)44-38(29-16-8-3-9-17-29)36-34(42(41(44)47)30-18-10-4-11-19-30)26-33(28-14-6-2-7-15-28)35-37(36)40(46)43(39(35)45)31-20-12-5-13-21-31/h2-26,33,35-38H,1H3/t33-,35+,36-,37+,38-/m1/s1. The van der Waals surface area contributed by atoms with Crippen molar-refractivity contribution >= 4 is 39.2 Å². The Kier molecular flexibility index (Phi) is 7.72. The second kappa shape index (κ2) is 12.3. The number of nitrogens with zero attached hydrogens (tertiary/aromatic N) is 3. The van der Waals surface area contributed by atoms with Gasteiger partial charge >= 0.3 is 6.03 Å². The fourth-order valence-electron chi connectivity index (χ4n) is 7.82. The molecule has 0 saturated carbocycles. The summed E-state index contributed by atoms with van der Waals surface area (Å²) in [4.78, 5) is 47.3. The molecule has 2 fully saturated rings. The summed E-state index contributed by atoms with van der Waals surface area (Å²) in [5, 5.41) is 0. The molecule has 2 aliphatic heterocycles. The van der Waals surface area contributed by atoms with E-state index in [9.17, 15) is 18.0 Å². The Hall–Kier alpha value is -5.80. The Morgan fingerprint density at radius 1 is 0.520 bits per heavy atom. The lowest BCUT2D eigenvalue weighted by molar-refractivity contribution is -0.123. The van der Waals surface area contributed by atoms with Crippen LogP contribution in [0.5, 0.6) is 0 Å². The third kappa shape index (κ3) is 4.96. The number of sulfonamides is 1. The van der Waals surface area contributed by atoms with Gasteiger partial charge in [-0.15, -0.1) is 0 Å². The van der Waals surface area contributed by atoms with Gasteiger partial charge in [0.2, 0.25) is 11.8 Å². The summed E-state index contributed by atoms with van der Waals surface area (Å²) in [7, 11) is -4.50. The van der Waals surface area contributed by atoms with Gasteiger partial charge in [0, 0.05) is 17.5 Å². The van der Waals surface area contributed by atoms with Crippen molar-refractivity contribution in [3.05, 3.63) is 174 Å². The normalized spacial score (nSPS) is 23.4. The monoisotopic (exact) mass is 679 g/mol. The van der Waals surface area contributed by atoms with Crippen LogP contribution in [0.2, 0.25) is 0 Å². The molecule has 9 heteroatoms. The number of rotatable bonds is 6. The number of anilines is 2. The molecule has 0 N–H and O–H groups in total. The van der Waals surface area contributed by atoms with E-state index in [2.05, 4.69) is 0 Å². The molecule has 0 unspecified atom stereocenters. The number of carbonyl (C=O) groups excluding carboxylic acids is 3. The molecule has 248 valence electrons. The number of allylic oxidation sites excluding steroid dienone is 1. The van der Waals surface area contributed by atoms with Crippen molar-refractivity contribution in [2.45, 2.75) is 23.8 Å². The van der Waals surface area contributed by atoms with Crippen LogP contribution in [0.25, 0.3) is 0 Å². The maximum atomic E-state index is 15.1. The summed E-state index contributed by atoms with van der Waals surface area (Å²) in [6.45, 7) is 1.86. The van der Waals surface area contributed by atoms with Crippen LogP contribution >= 0.6 is 0 Å². The second-order valence-electron chi connectivity index (χ2n) is 12.9. The fraction of sp³-hybridized carbons (Fsp3) is 0.146. The van der Waals surface area contributed by atoms with E-state index in [0.717, 1.165) is 15.4 Å². The smallest absolute Gasteiger partial charge is 0.274 e. The van der Waals surface area contributed by atoms with E-state index in [1.54, 1.807) is 84.9 Å². The molecular formula is C41H33N3O5S. The zero-order valence-corrected chi connectivity index (χ0v) is 27.9. The van der Waals surface area contributed by atoms with Gasteiger partial charge in [-0.1, -0.05) is 121 Å². The van der Waals surface area contributed by atoms with Gasteiger partial charge in [0.05, 0.1) is 34.1 Å². The van der Waals surface area contributed by atoms with Crippen LogP contribution in [-0.4, -0.2) is 30.6 Å². The molecule has 1 aliphatic carbocycles. The van der Waals surface area contributed by atoms with Gasteiger partial charge in [0.15, 0.2) is 0 Å². The Labute approximate surface area is 290 Å². The minimum Gasteiger partial charge on any atom is -0.274 e. The Balaban J connectivity index is 1.43. The van der Waals surface area contributed by atoms with Gasteiger partial charge in [0.1, 0.15) is 0 Å². The predicted molar refractivity (Wildman–Crippen MR) is 190 cm³/mol. The van der Waals surface area contributed by atoms with Crippen molar-refractivity contribution in [2.75, 3.05) is 9.80 Å². The number of para-hydroxylation sites is 2. The molecule has 0 aromatic heterocycles. The first-order valence-corrected chi connectivity index (χ1v) is 18.0. The number of benzene rings is 5. The van der Waals surface area contributed by atoms with Crippen molar-refractivity contribution < 1.29 is 22.8 Å². The number of amides is 4. The van der Waals surface area contributed by atoms with Gasteiger partial charge in [-0.05, 0) is 54.4 Å². The Bertz CT molecular complexity index is 2230. The molecule has 2 saturated heterocycles. The molecule has 0 bridgehead atoms. The number of hydrogen-bond donors (Lipinski definition) is 0. The highest BCUT2D eigenvalue weighted by Gasteiger charge is 2.63. The average molecular weight is 680 g/mol. The maximum Gasteiger partial charge on any atom is 0.343 e. The summed E-state index contributed by atoms with van der Waals surface area (Å²) in [6, 6.07) is 40.6. The Morgan fingerprint density at radius 2 is 1.00 bits per heavy atom. The molecule has 0 radical (unpaired) electrons. The average Bonchev–Trinajstić information content (AvgIpc) is 3.41. The van der Waals surface area contributed by atoms with E-state index in [1.165, 1.54) is 21.9 Å². The molecule has 5 aromatic rings. The summed E-state index contributed by atoms with van der Waals surface area (Å²) >= 11 is 0. The molecular weight excluding hydrogens is 647 g/mol. The fourth-order valence-corrected chi connectivity index (χ4v) is 9.37. The van der Waals surface area contributed by atoms with Gasteiger partial charge < -0.3 is 0 Å². The molecule has 2 heterocycles. The van der Waals surface area contributed by atoms with Crippen LogP contribution in [-0.2, 0) is 19.6 Å². The largest absolute Gasteiger partial charge is 0.343 e. The molecule has 4 amide bonds. The summed E-state index contributed by atoms with van der Waals surface area (Å²) in [5.41, 5.74) is 3.59. The third-order valence-electron chi connectivity index (χ3n) is 10.0. The van der Waals surface area contributed by atoms with Gasteiger partial charge in [-0.25, -0.2) is 17.5 Å². The van der Waals surface area contributed by atoms with E-state index in [0.29, 0.717) is 22.6 Å². The minimum absolute atomic E-state index is 0.0490. The van der Waals surface area contributed by atoms with Crippen LogP contribution in [0, 0.1) is 24.7 Å². The first-order valence-electron chi connectivity index (χ1n) is 16.5. The summed E-state index contributed by atoms with van der Waals surface area (Å²) < 4.78 is 30.6. The van der Waals surface area contributed by atoms with Crippen LogP contribution in [0.4, 0.5) is 16.2 Å². The highest BCUT2D eigenvalue weighted by molar-refractivity contribution is 7.89. The van der Waals surface area contributed by atoms with E-state index in [1.807, 2.05) is 61.5 Å². The van der Waals surface area contributed by atoms with Crippen LogP contribution in [0.1, 0.15) is 28.7 Å². The quantitative estimate of drug-likeness (QED) is 0.174. The van der Waals surface area contributed by atoms with Crippen molar-refractivity contribution in [3.8, 4) is 0 Å². The lowest BCUT2D eigenvalue weighted by atomic mass is 9.64. The minimum atomic E-state index is -4.50. The van der Waals surface area contributed by atoms with Crippen molar-refractivity contribution in [2.24, 2.45) is 17.8 Å². The molecule has 3 aliphatic rings. The number of urea groups is 1. The SMILES string of the molecule is Cc1ccc(S(=O)(=O)N2C(=O)N(c3ccccc3)C3=C[C@H](c4ccccc4)[C@@H]4C(=O)N(c5ccccc5)C(=O)[C@@H]4[C@@H]3[C@H]2c2ccccc2)cc1. The van der Waals surface area contributed by atoms with E-state index >= 15 is 4.79 Å². The molecule has 8 nitrogen and oxygen atoms in total. The summed E-state index contributed by atoms with van der Waals surface area (Å²) in [6.07, 6.45) is 1.91. The first-order chi connectivity index (χ1) is 24.3. The van der Waals surface area contributed by atoms with Gasteiger partial charge in [-0.3, -0.25) is 19.4 Å². The number of hydrogen-bond acceptors (Lipinski definition) is 5. The molecule has 5 atom stereocenters. The van der Waals surface area contributed by atoms with Gasteiger partial charge in [0.25, 0.3) is 10.0 Å². The van der Waals surface area contributed by atoms with Crippen molar-refractivity contribution in [3.63, 3.8) is 0 Å². The molecule has 8 rings (SSSR count). The summed E-state index contributed by atoms with van der Waals surface area (Å²) in [5.74, 6) is -4.15. The predicted octanol–water partition coefficient (Wildman–Crippen LogP) is 7.47. The maximum absolute atomic E-state index is 15.1. The molecule has 5 aromatic carbocycles. The lowest BCUT2D eigenvalue weighted by Gasteiger charge is -2.51. The topological polar surface area (TPSA) is 95.1 Å².